The van der Waals surface area contributed by atoms with Gasteiger partial charge in [-0.05, 0) is 12.1 Å². The van der Waals surface area contributed by atoms with Crippen LogP contribution in [0.5, 0.6) is 0 Å². The Morgan fingerprint density at radius 2 is 2.40 bits per heavy atom. The van der Waals surface area contributed by atoms with Crippen molar-refractivity contribution in [2.75, 3.05) is 0 Å². The Labute approximate surface area is 62.8 Å². The lowest BCUT2D eigenvalue weighted by molar-refractivity contribution is 1.33. The van der Waals surface area contributed by atoms with Gasteiger partial charge >= 0.3 is 0 Å². The topological polar surface area (TPSA) is 28.7 Å². The zero-order valence-electron chi connectivity index (χ0n) is 5.13. The first-order valence-corrected chi connectivity index (χ1v) is 3.33. The lowest BCUT2D eigenvalue weighted by Gasteiger charge is -1.84. The molecule has 1 N–H and O–H groups in total. The van der Waals surface area contributed by atoms with Gasteiger partial charge in [0.05, 0.1) is 5.02 Å². The summed E-state index contributed by atoms with van der Waals surface area (Å²) in [6, 6.07) is 3.79. The van der Waals surface area contributed by atoms with Crippen LogP contribution in [0.1, 0.15) is 0 Å². The van der Waals surface area contributed by atoms with Crippen LogP contribution in [0, 0.1) is 0 Å². The maximum atomic E-state index is 5.80. The highest BCUT2D eigenvalue weighted by Crippen LogP contribution is 2.19. The van der Waals surface area contributed by atoms with Gasteiger partial charge in [-0.3, -0.25) is 0 Å². The molecular weight excluding hydrogens is 148 g/mol. The van der Waals surface area contributed by atoms with Gasteiger partial charge in [0.2, 0.25) is 0 Å². The van der Waals surface area contributed by atoms with Crippen molar-refractivity contribution in [1.29, 1.82) is 0 Å². The Hall–Kier alpha value is -1.02. The molecule has 2 rings (SSSR count). The number of nitrogens with zero attached hydrogens (tertiary/aromatic N) is 1. The quantitative estimate of drug-likeness (QED) is 0.616. The third kappa shape index (κ3) is 0.693. The number of halogens is 1. The Morgan fingerprint density at radius 1 is 1.50 bits per heavy atom. The van der Waals surface area contributed by atoms with Crippen molar-refractivity contribution < 1.29 is 0 Å². The number of aromatic nitrogens is 2. The van der Waals surface area contributed by atoms with E-state index in [0.717, 1.165) is 16.1 Å². The van der Waals surface area contributed by atoms with E-state index in [0.29, 0.717) is 0 Å². The molecule has 0 fully saturated rings. The van der Waals surface area contributed by atoms with E-state index in [1.165, 1.54) is 0 Å². The second-order valence-electron chi connectivity index (χ2n) is 2.04. The summed E-state index contributed by atoms with van der Waals surface area (Å²) in [6.07, 6.45) is 3.47. The Morgan fingerprint density at radius 3 is 3.20 bits per heavy atom. The molecule has 2 heterocycles. The van der Waals surface area contributed by atoms with Gasteiger partial charge in [0.15, 0.2) is 0 Å². The fraction of sp³-hybridized carbons (Fsp3) is 0. The molecular formula is C7H5ClN2. The molecule has 2 nitrogen and oxygen atoms in total. The summed E-state index contributed by atoms with van der Waals surface area (Å²) < 4.78 is 0. The number of pyridine rings is 1. The van der Waals surface area contributed by atoms with Gasteiger partial charge in [0.1, 0.15) is 5.65 Å². The predicted molar refractivity (Wildman–Crippen MR) is 41.1 cm³/mol. The highest BCUT2D eigenvalue weighted by Gasteiger charge is 1.97. The largest absolute Gasteiger partial charge is 0.345 e. The summed E-state index contributed by atoms with van der Waals surface area (Å²) in [7, 11) is 0. The minimum Gasteiger partial charge on any atom is -0.345 e. The number of H-pyrrole nitrogens is 1. The minimum atomic E-state index is 0.725. The van der Waals surface area contributed by atoms with Crippen molar-refractivity contribution in [3.8, 4) is 0 Å². The van der Waals surface area contributed by atoms with Gasteiger partial charge in [-0.15, -0.1) is 0 Å². The molecule has 0 radical (unpaired) electrons. The van der Waals surface area contributed by atoms with Crippen molar-refractivity contribution in [3.05, 3.63) is 29.5 Å². The molecule has 3 heteroatoms. The first-order chi connectivity index (χ1) is 4.88. The molecule has 2 aromatic rings. The molecule has 0 unspecified atom stereocenters. The Kier molecular flexibility index (Phi) is 1.14. The summed E-state index contributed by atoms with van der Waals surface area (Å²) in [5.74, 6) is 0. The summed E-state index contributed by atoms with van der Waals surface area (Å²) in [5, 5.41) is 1.70. The van der Waals surface area contributed by atoms with E-state index in [1.54, 1.807) is 12.4 Å². The molecule has 0 aromatic carbocycles. The van der Waals surface area contributed by atoms with Crippen molar-refractivity contribution in [2.24, 2.45) is 0 Å². The Bertz CT molecular complexity index is 353. The number of hydrogen-bond acceptors (Lipinski definition) is 1. The van der Waals surface area contributed by atoms with Crippen LogP contribution in [0.15, 0.2) is 24.5 Å². The van der Waals surface area contributed by atoms with Gasteiger partial charge in [-0.2, -0.15) is 0 Å². The van der Waals surface area contributed by atoms with E-state index >= 15 is 0 Å². The second kappa shape index (κ2) is 1.99. The van der Waals surface area contributed by atoms with E-state index in [9.17, 15) is 0 Å². The minimum absolute atomic E-state index is 0.725. The van der Waals surface area contributed by atoms with Crippen LogP contribution in [-0.2, 0) is 0 Å². The molecule has 0 aliphatic carbocycles. The number of nitrogens with one attached hydrogen (secondary N) is 1. The lowest BCUT2D eigenvalue weighted by atomic mass is 10.3. The van der Waals surface area contributed by atoms with E-state index in [2.05, 4.69) is 9.97 Å². The first-order valence-electron chi connectivity index (χ1n) is 2.95. The fourth-order valence-electron chi connectivity index (χ4n) is 0.923. The predicted octanol–water partition coefficient (Wildman–Crippen LogP) is 2.22. The molecule has 50 valence electrons. The van der Waals surface area contributed by atoms with Gasteiger partial charge in [-0.1, -0.05) is 11.6 Å². The van der Waals surface area contributed by atoms with Crippen LogP contribution in [0.4, 0.5) is 0 Å². The molecule has 0 aliphatic heterocycles. The molecule has 2 aromatic heterocycles. The highest BCUT2D eigenvalue weighted by molar-refractivity contribution is 6.35. The monoisotopic (exact) mass is 152 g/mol. The van der Waals surface area contributed by atoms with Crippen LogP contribution < -0.4 is 0 Å². The fourth-order valence-corrected chi connectivity index (χ4v) is 1.13. The number of rotatable bonds is 0. The lowest BCUT2D eigenvalue weighted by Crippen LogP contribution is -1.71. The average Bonchev–Trinajstić information content (AvgIpc) is 2.34. The van der Waals surface area contributed by atoms with Crippen LogP contribution >= 0.6 is 11.6 Å². The standard InChI is InChI=1S/C7H5ClN2/c8-6-4-10-7-5(6)2-1-3-9-7/h1-4H,(H,9,10). The summed E-state index contributed by atoms with van der Waals surface area (Å²) >= 11 is 5.80. The van der Waals surface area contributed by atoms with Crippen LogP contribution in [-0.4, -0.2) is 9.97 Å². The van der Waals surface area contributed by atoms with E-state index < -0.39 is 0 Å². The van der Waals surface area contributed by atoms with Gasteiger partial charge in [0.25, 0.3) is 0 Å². The van der Waals surface area contributed by atoms with Gasteiger partial charge in [0, 0.05) is 17.8 Å². The third-order valence-electron chi connectivity index (χ3n) is 1.40. The van der Waals surface area contributed by atoms with Gasteiger partial charge < -0.3 is 4.98 Å². The Balaban J connectivity index is 2.93. The number of aromatic amines is 1. The van der Waals surface area contributed by atoms with E-state index in [4.69, 9.17) is 11.6 Å². The van der Waals surface area contributed by atoms with Crippen molar-refractivity contribution in [1.82, 2.24) is 9.97 Å². The smallest absolute Gasteiger partial charge is 0.138 e. The van der Waals surface area contributed by atoms with E-state index in [1.807, 2.05) is 12.1 Å². The van der Waals surface area contributed by atoms with Crippen LogP contribution in [0.3, 0.4) is 0 Å². The summed E-state index contributed by atoms with van der Waals surface area (Å²) in [6.45, 7) is 0. The zero-order valence-corrected chi connectivity index (χ0v) is 5.89. The maximum absolute atomic E-state index is 5.80. The molecule has 0 saturated heterocycles. The number of fused-ring (bicyclic) bond motifs is 1. The number of hydrogen-bond donors (Lipinski definition) is 1. The summed E-state index contributed by atoms with van der Waals surface area (Å²) in [5.41, 5.74) is 0.840. The molecule has 0 atom stereocenters. The molecule has 0 spiro atoms. The normalized spacial score (nSPS) is 10.5. The molecule has 0 amide bonds. The first kappa shape index (κ1) is 5.74. The second-order valence-corrected chi connectivity index (χ2v) is 2.44. The van der Waals surface area contributed by atoms with Crippen LogP contribution in [0.2, 0.25) is 5.02 Å². The average molecular weight is 153 g/mol. The zero-order chi connectivity index (χ0) is 6.97. The molecule has 0 saturated carbocycles. The maximum Gasteiger partial charge on any atom is 0.138 e. The molecule has 10 heavy (non-hydrogen) atoms. The summed E-state index contributed by atoms with van der Waals surface area (Å²) in [4.78, 5) is 7.01. The molecule has 0 aliphatic rings. The van der Waals surface area contributed by atoms with Crippen molar-refractivity contribution in [2.45, 2.75) is 0 Å². The van der Waals surface area contributed by atoms with Crippen molar-refractivity contribution >= 4 is 22.6 Å². The third-order valence-corrected chi connectivity index (χ3v) is 1.71. The van der Waals surface area contributed by atoms with Crippen LogP contribution in [0.25, 0.3) is 11.0 Å². The van der Waals surface area contributed by atoms with Crippen molar-refractivity contribution in [3.63, 3.8) is 0 Å². The molecule has 0 bridgehead atoms. The van der Waals surface area contributed by atoms with Gasteiger partial charge in [-0.25, -0.2) is 4.98 Å². The van der Waals surface area contributed by atoms with E-state index in [-0.39, 0.29) is 0 Å². The highest BCUT2D eigenvalue weighted by atomic mass is 35.5. The SMILES string of the molecule is Clc1c[nH]c2ncccc12.